The van der Waals surface area contributed by atoms with Gasteiger partial charge in [0.2, 0.25) is 0 Å². The minimum Gasteiger partial charge on any atom is -0.507 e. The van der Waals surface area contributed by atoms with E-state index in [4.69, 9.17) is 10.2 Å². The summed E-state index contributed by atoms with van der Waals surface area (Å²) in [7, 11) is 0. The minimum atomic E-state index is -1.56. The second kappa shape index (κ2) is 5.48. The van der Waals surface area contributed by atoms with Gasteiger partial charge in [-0.25, -0.2) is 4.79 Å². The first-order chi connectivity index (χ1) is 8.32. The van der Waals surface area contributed by atoms with Crippen molar-refractivity contribution < 1.29 is 35.1 Å². The smallest absolute Gasteiger partial charge is 0.339 e. The molecule has 98 valence electrons. The van der Waals surface area contributed by atoms with Crippen LogP contribution in [0.25, 0.3) is 0 Å². The fraction of sp³-hybridized carbons (Fsp3) is 0.273. The SMILES string of the molecule is O=C(O)CC(O)C(O)c1ccc(O)c(C(=O)O)c1. The number of carboxylic acid groups (broad SMARTS) is 2. The summed E-state index contributed by atoms with van der Waals surface area (Å²) < 4.78 is 0. The number of aromatic hydroxyl groups is 1. The van der Waals surface area contributed by atoms with E-state index >= 15 is 0 Å². The van der Waals surface area contributed by atoms with E-state index in [-0.39, 0.29) is 5.56 Å². The molecule has 5 N–H and O–H groups in total. The van der Waals surface area contributed by atoms with E-state index in [1.807, 2.05) is 0 Å². The maximum atomic E-state index is 10.7. The molecule has 7 heteroatoms. The van der Waals surface area contributed by atoms with Crippen molar-refractivity contribution >= 4 is 11.9 Å². The molecule has 0 aliphatic carbocycles. The molecule has 0 saturated heterocycles. The summed E-state index contributed by atoms with van der Waals surface area (Å²) in [6.45, 7) is 0. The zero-order valence-corrected chi connectivity index (χ0v) is 9.15. The molecule has 0 amide bonds. The molecule has 7 nitrogen and oxygen atoms in total. The van der Waals surface area contributed by atoms with Crippen molar-refractivity contribution in [3.8, 4) is 5.75 Å². The van der Waals surface area contributed by atoms with Gasteiger partial charge in [-0.3, -0.25) is 4.79 Å². The van der Waals surface area contributed by atoms with Crippen molar-refractivity contribution in [1.29, 1.82) is 0 Å². The lowest BCUT2D eigenvalue weighted by Gasteiger charge is -2.17. The predicted molar refractivity (Wildman–Crippen MR) is 58.3 cm³/mol. The van der Waals surface area contributed by atoms with E-state index in [2.05, 4.69) is 0 Å². The number of carboxylic acids is 2. The maximum absolute atomic E-state index is 10.7. The lowest BCUT2D eigenvalue weighted by molar-refractivity contribution is -0.141. The third-order valence-electron chi connectivity index (χ3n) is 2.34. The van der Waals surface area contributed by atoms with E-state index < -0.39 is 41.9 Å². The van der Waals surface area contributed by atoms with Crippen LogP contribution in [0.2, 0.25) is 0 Å². The number of benzene rings is 1. The van der Waals surface area contributed by atoms with Crippen LogP contribution in [0.15, 0.2) is 18.2 Å². The first-order valence-electron chi connectivity index (χ1n) is 4.97. The Balaban J connectivity index is 2.99. The molecular formula is C11H12O7. The molecule has 0 aromatic heterocycles. The Kier molecular flexibility index (Phi) is 4.24. The van der Waals surface area contributed by atoms with Crippen LogP contribution in [-0.4, -0.2) is 43.6 Å². The molecule has 0 fully saturated rings. The number of hydrogen-bond donors (Lipinski definition) is 5. The lowest BCUT2D eigenvalue weighted by Crippen LogP contribution is -2.22. The van der Waals surface area contributed by atoms with E-state index in [1.54, 1.807) is 0 Å². The molecule has 1 aromatic carbocycles. The number of carbonyl (C=O) groups is 2. The maximum Gasteiger partial charge on any atom is 0.339 e. The Hall–Kier alpha value is -2.12. The number of aliphatic hydroxyl groups is 2. The van der Waals surface area contributed by atoms with Gasteiger partial charge in [-0.05, 0) is 17.7 Å². The van der Waals surface area contributed by atoms with Crippen molar-refractivity contribution in [3.63, 3.8) is 0 Å². The quantitative estimate of drug-likeness (QED) is 0.498. The van der Waals surface area contributed by atoms with Crippen LogP contribution >= 0.6 is 0 Å². The summed E-state index contributed by atoms with van der Waals surface area (Å²) in [5.74, 6) is -3.17. The molecule has 0 aliphatic rings. The molecule has 0 spiro atoms. The predicted octanol–water partition coefficient (Wildman–Crippen LogP) is -0.0406. The van der Waals surface area contributed by atoms with Gasteiger partial charge < -0.3 is 25.5 Å². The first-order valence-corrected chi connectivity index (χ1v) is 4.97. The Labute approximate surface area is 102 Å². The molecule has 1 rings (SSSR count). The summed E-state index contributed by atoms with van der Waals surface area (Å²) in [6.07, 6.45) is -3.78. The topological polar surface area (TPSA) is 135 Å². The summed E-state index contributed by atoms with van der Waals surface area (Å²) in [5.41, 5.74) is -0.423. The van der Waals surface area contributed by atoms with Crippen LogP contribution in [0.4, 0.5) is 0 Å². The van der Waals surface area contributed by atoms with Crippen LogP contribution in [0.5, 0.6) is 5.75 Å². The summed E-state index contributed by atoms with van der Waals surface area (Å²) >= 11 is 0. The fourth-order valence-electron chi connectivity index (χ4n) is 1.42. The van der Waals surface area contributed by atoms with Gasteiger partial charge in [-0.1, -0.05) is 6.07 Å². The second-order valence-corrected chi connectivity index (χ2v) is 3.69. The number of rotatable bonds is 5. The van der Waals surface area contributed by atoms with Crippen molar-refractivity contribution in [2.24, 2.45) is 0 Å². The van der Waals surface area contributed by atoms with Crippen LogP contribution in [-0.2, 0) is 4.79 Å². The average molecular weight is 256 g/mol. The van der Waals surface area contributed by atoms with Gasteiger partial charge in [0.25, 0.3) is 0 Å². The van der Waals surface area contributed by atoms with E-state index in [0.717, 1.165) is 12.1 Å². The fourth-order valence-corrected chi connectivity index (χ4v) is 1.42. The number of hydrogen-bond acceptors (Lipinski definition) is 5. The van der Waals surface area contributed by atoms with Gasteiger partial charge in [0, 0.05) is 0 Å². The monoisotopic (exact) mass is 256 g/mol. The van der Waals surface area contributed by atoms with Gasteiger partial charge in [-0.2, -0.15) is 0 Å². The van der Waals surface area contributed by atoms with Gasteiger partial charge in [0.1, 0.15) is 17.4 Å². The standard InChI is InChI=1S/C11H12O7/c12-7-2-1-5(3-6(7)11(17)18)10(16)8(13)4-9(14)15/h1-3,8,10,12-13,16H,4H2,(H,14,15)(H,17,18). The third kappa shape index (κ3) is 3.19. The Morgan fingerprint density at radius 1 is 1.17 bits per heavy atom. The van der Waals surface area contributed by atoms with Crippen molar-refractivity contribution in [2.75, 3.05) is 0 Å². The van der Waals surface area contributed by atoms with E-state index in [1.165, 1.54) is 6.07 Å². The van der Waals surface area contributed by atoms with E-state index in [0.29, 0.717) is 0 Å². The molecule has 2 atom stereocenters. The van der Waals surface area contributed by atoms with Gasteiger partial charge in [0.15, 0.2) is 0 Å². The van der Waals surface area contributed by atoms with Crippen molar-refractivity contribution in [2.45, 2.75) is 18.6 Å². The van der Waals surface area contributed by atoms with E-state index in [9.17, 15) is 24.9 Å². The molecule has 0 bridgehead atoms. The van der Waals surface area contributed by atoms with Crippen molar-refractivity contribution in [1.82, 2.24) is 0 Å². The summed E-state index contributed by atoms with van der Waals surface area (Å²) in [6, 6.07) is 3.24. The van der Waals surface area contributed by atoms with Crippen molar-refractivity contribution in [3.05, 3.63) is 29.3 Å². The Morgan fingerprint density at radius 2 is 1.78 bits per heavy atom. The minimum absolute atomic E-state index is 0.0129. The van der Waals surface area contributed by atoms with Crippen LogP contribution in [0.1, 0.15) is 28.4 Å². The average Bonchev–Trinajstić information content (AvgIpc) is 2.27. The Morgan fingerprint density at radius 3 is 2.28 bits per heavy atom. The molecular weight excluding hydrogens is 244 g/mol. The normalized spacial score (nSPS) is 13.9. The highest BCUT2D eigenvalue weighted by molar-refractivity contribution is 5.90. The summed E-state index contributed by atoms with van der Waals surface area (Å²) in [5, 5.41) is 45.5. The second-order valence-electron chi connectivity index (χ2n) is 3.69. The molecule has 1 aromatic rings. The zero-order valence-electron chi connectivity index (χ0n) is 9.15. The highest BCUT2D eigenvalue weighted by Gasteiger charge is 2.23. The van der Waals surface area contributed by atoms with Crippen LogP contribution in [0.3, 0.4) is 0 Å². The number of aromatic carboxylic acids is 1. The largest absolute Gasteiger partial charge is 0.507 e. The van der Waals surface area contributed by atoms with Gasteiger partial charge >= 0.3 is 11.9 Å². The molecule has 0 aliphatic heterocycles. The lowest BCUT2D eigenvalue weighted by atomic mass is 9.99. The highest BCUT2D eigenvalue weighted by atomic mass is 16.4. The summed E-state index contributed by atoms with van der Waals surface area (Å²) in [4.78, 5) is 21.1. The Bertz CT molecular complexity index is 468. The number of aliphatic carboxylic acids is 1. The molecule has 0 saturated carbocycles. The molecule has 2 unspecified atom stereocenters. The van der Waals surface area contributed by atoms with Crippen LogP contribution < -0.4 is 0 Å². The first kappa shape index (κ1) is 13.9. The molecule has 0 heterocycles. The van der Waals surface area contributed by atoms with Crippen LogP contribution in [0, 0.1) is 0 Å². The molecule has 0 radical (unpaired) electrons. The highest BCUT2D eigenvalue weighted by Crippen LogP contribution is 2.25. The number of aliphatic hydroxyl groups excluding tert-OH is 2. The third-order valence-corrected chi connectivity index (χ3v) is 2.34. The zero-order chi connectivity index (χ0) is 13.9. The van der Waals surface area contributed by atoms with Gasteiger partial charge in [-0.15, -0.1) is 0 Å². The molecule has 18 heavy (non-hydrogen) atoms. The van der Waals surface area contributed by atoms with Gasteiger partial charge in [0.05, 0.1) is 12.5 Å². The number of phenols is 1.